The number of nitriles is 1. The van der Waals surface area contributed by atoms with Gasteiger partial charge >= 0.3 is 0 Å². The molecule has 3 aromatic carbocycles. The standard InChI is InChI=1S/C26H22ClN3O/c1-18(15-28)25(20-7-4-3-5-8-20)21-13-11-19(12-14-21)16-30-23-10-6-9-22(27)26(23)29-24(30)17-31-2/h3-14H,16-17H2,1-2H3/b25-18+. The monoisotopic (exact) mass is 427 g/mol. The Kier molecular flexibility index (Phi) is 6.18. The third-order valence-electron chi connectivity index (χ3n) is 5.27. The number of para-hydroxylation sites is 1. The number of ether oxygens (including phenoxy) is 1. The maximum atomic E-state index is 9.52. The fourth-order valence-electron chi connectivity index (χ4n) is 3.80. The molecule has 0 aliphatic rings. The van der Waals surface area contributed by atoms with Crippen molar-refractivity contribution in [3.8, 4) is 6.07 Å². The summed E-state index contributed by atoms with van der Waals surface area (Å²) in [5.74, 6) is 0.833. The number of aromatic nitrogens is 2. The first-order valence-electron chi connectivity index (χ1n) is 10.0. The predicted molar refractivity (Wildman–Crippen MR) is 125 cm³/mol. The molecule has 0 aliphatic heterocycles. The minimum absolute atomic E-state index is 0.408. The molecular formula is C26H22ClN3O. The normalized spacial score (nSPS) is 11.9. The van der Waals surface area contributed by atoms with Crippen LogP contribution in [0, 0.1) is 11.3 Å². The van der Waals surface area contributed by atoms with Crippen LogP contribution in [-0.2, 0) is 17.9 Å². The van der Waals surface area contributed by atoms with E-state index in [1.807, 2.05) is 55.5 Å². The zero-order chi connectivity index (χ0) is 21.8. The van der Waals surface area contributed by atoms with Crippen LogP contribution >= 0.6 is 11.6 Å². The maximum absolute atomic E-state index is 9.52. The zero-order valence-corrected chi connectivity index (χ0v) is 18.2. The molecule has 0 N–H and O–H groups in total. The van der Waals surface area contributed by atoms with E-state index in [1.54, 1.807) is 7.11 Å². The van der Waals surface area contributed by atoms with Gasteiger partial charge in [0.2, 0.25) is 0 Å². The molecule has 4 nitrogen and oxygen atoms in total. The number of nitrogens with zero attached hydrogens (tertiary/aromatic N) is 3. The lowest BCUT2D eigenvalue weighted by Gasteiger charge is -2.12. The third kappa shape index (κ3) is 4.25. The highest BCUT2D eigenvalue weighted by Crippen LogP contribution is 2.28. The summed E-state index contributed by atoms with van der Waals surface area (Å²) < 4.78 is 7.48. The Balaban J connectivity index is 1.71. The molecule has 0 atom stereocenters. The van der Waals surface area contributed by atoms with Crippen molar-refractivity contribution in [2.45, 2.75) is 20.1 Å². The highest BCUT2D eigenvalue weighted by Gasteiger charge is 2.14. The average molecular weight is 428 g/mol. The van der Waals surface area contributed by atoms with Crippen molar-refractivity contribution < 1.29 is 4.74 Å². The highest BCUT2D eigenvalue weighted by molar-refractivity contribution is 6.34. The lowest BCUT2D eigenvalue weighted by atomic mass is 9.93. The van der Waals surface area contributed by atoms with Gasteiger partial charge in [-0.2, -0.15) is 5.26 Å². The predicted octanol–water partition coefficient (Wildman–Crippen LogP) is 6.23. The molecule has 1 heterocycles. The molecule has 0 fully saturated rings. The summed E-state index contributed by atoms with van der Waals surface area (Å²) in [6.45, 7) is 2.91. The van der Waals surface area contributed by atoms with Gasteiger partial charge in [0.05, 0.1) is 16.6 Å². The lowest BCUT2D eigenvalue weighted by Crippen LogP contribution is -2.06. The van der Waals surface area contributed by atoms with Gasteiger partial charge in [-0.05, 0) is 35.7 Å². The first-order valence-corrected chi connectivity index (χ1v) is 10.4. The molecule has 0 saturated carbocycles. The minimum Gasteiger partial charge on any atom is -0.377 e. The van der Waals surface area contributed by atoms with Gasteiger partial charge in [-0.15, -0.1) is 0 Å². The number of methoxy groups -OCH3 is 1. The Morgan fingerprint density at radius 1 is 1.00 bits per heavy atom. The Morgan fingerprint density at radius 3 is 2.39 bits per heavy atom. The first-order chi connectivity index (χ1) is 15.1. The van der Waals surface area contributed by atoms with Gasteiger partial charge < -0.3 is 9.30 Å². The molecule has 0 saturated heterocycles. The van der Waals surface area contributed by atoms with Gasteiger partial charge in [0.15, 0.2) is 0 Å². The van der Waals surface area contributed by atoms with Crippen molar-refractivity contribution in [2.24, 2.45) is 0 Å². The van der Waals surface area contributed by atoms with Crippen LogP contribution in [0.5, 0.6) is 0 Å². The molecule has 31 heavy (non-hydrogen) atoms. The van der Waals surface area contributed by atoms with Crippen LogP contribution in [0.15, 0.2) is 78.4 Å². The van der Waals surface area contributed by atoms with Crippen molar-refractivity contribution in [2.75, 3.05) is 7.11 Å². The molecule has 0 spiro atoms. The van der Waals surface area contributed by atoms with E-state index < -0.39 is 0 Å². The number of hydrogen-bond acceptors (Lipinski definition) is 3. The quantitative estimate of drug-likeness (QED) is 0.343. The van der Waals surface area contributed by atoms with E-state index >= 15 is 0 Å². The second-order valence-corrected chi connectivity index (χ2v) is 7.74. The fourth-order valence-corrected chi connectivity index (χ4v) is 4.01. The van der Waals surface area contributed by atoms with Crippen LogP contribution in [0.4, 0.5) is 0 Å². The van der Waals surface area contributed by atoms with Crippen molar-refractivity contribution in [1.29, 1.82) is 5.26 Å². The van der Waals surface area contributed by atoms with E-state index in [1.165, 1.54) is 0 Å². The second kappa shape index (κ2) is 9.18. The number of benzene rings is 3. The van der Waals surface area contributed by atoms with Gasteiger partial charge in [0.1, 0.15) is 17.9 Å². The summed E-state index contributed by atoms with van der Waals surface area (Å²) in [5, 5.41) is 10.1. The van der Waals surface area contributed by atoms with Crippen molar-refractivity contribution >= 4 is 28.2 Å². The maximum Gasteiger partial charge on any atom is 0.136 e. The van der Waals surface area contributed by atoms with E-state index in [0.29, 0.717) is 23.7 Å². The van der Waals surface area contributed by atoms with Gasteiger partial charge in [0.25, 0.3) is 0 Å². The van der Waals surface area contributed by atoms with E-state index in [2.05, 4.69) is 39.9 Å². The average Bonchev–Trinajstić information content (AvgIpc) is 3.14. The van der Waals surface area contributed by atoms with E-state index in [-0.39, 0.29) is 0 Å². The van der Waals surface area contributed by atoms with Crippen molar-refractivity contribution in [1.82, 2.24) is 9.55 Å². The molecule has 154 valence electrons. The Labute approximate surface area is 187 Å². The van der Waals surface area contributed by atoms with Crippen LogP contribution in [-0.4, -0.2) is 16.7 Å². The van der Waals surface area contributed by atoms with E-state index in [4.69, 9.17) is 16.3 Å². The molecule has 0 amide bonds. The van der Waals surface area contributed by atoms with Crippen LogP contribution < -0.4 is 0 Å². The van der Waals surface area contributed by atoms with Crippen LogP contribution in [0.2, 0.25) is 5.02 Å². The molecule has 0 radical (unpaired) electrons. The summed E-state index contributed by atoms with van der Waals surface area (Å²) in [7, 11) is 1.66. The lowest BCUT2D eigenvalue weighted by molar-refractivity contribution is 0.175. The second-order valence-electron chi connectivity index (χ2n) is 7.33. The fraction of sp³-hybridized carbons (Fsp3) is 0.154. The largest absolute Gasteiger partial charge is 0.377 e. The summed E-state index contributed by atoms with van der Waals surface area (Å²) in [5.41, 5.74) is 6.59. The van der Waals surface area contributed by atoms with E-state index in [0.717, 1.165) is 39.1 Å². The summed E-state index contributed by atoms with van der Waals surface area (Å²) in [6, 6.07) is 26.4. The Bertz CT molecular complexity index is 1280. The Morgan fingerprint density at radius 2 is 1.71 bits per heavy atom. The number of allylic oxidation sites excluding steroid dienone is 1. The third-order valence-corrected chi connectivity index (χ3v) is 5.58. The SMILES string of the molecule is COCc1nc2c(Cl)cccc2n1Cc1ccc(/C(=C(\C)C#N)c2ccccc2)cc1. The molecule has 4 rings (SSSR count). The molecule has 0 aliphatic carbocycles. The van der Waals surface area contributed by atoms with Gasteiger partial charge in [-0.25, -0.2) is 4.98 Å². The highest BCUT2D eigenvalue weighted by atomic mass is 35.5. The number of hydrogen-bond donors (Lipinski definition) is 0. The van der Waals surface area contributed by atoms with Crippen molar-refractivity contribution in [3.05, 3.63) is 106 Å². The molecule has 5 heteroatoms. The van der Waals surface area contributed by atoms with E-state index in [9.17, 15) is 5.26 Å². The number of halogens is 1. The summed E-state index contributed by atoms with van der Waals surface area (Å²) in [4.78, 5) is 4.68. The molecule has 0 unspecified atom stereocenters. The number of fused-ring (bicyclic) bond motifs is 1. The molecular weight excluding hydrogens is 406 g/mol. The molecule has 1 aromatic heterocycles. The smallest absolute Gasteiger partial charge is 0.136 e. The topological polar surface area (TPSA) is 50.8 Å². The number of imidazole rings is 1. The van der Waals surface area contributed by atoms with Gasteiger partial charge in [0, 0.05) is 24.8 Å². The van der Waals surface area contributed by atoms with Crippen LogP contribution in [0.25, 0.3) is 16.6 Å². The minimum atomic E-state index is 0.408. The zero-order valence-electron chi connectivity index (χ0n) is 17.5. The summed E-state index contributed by atoms with van der Waals surface area (Å²) >= 11 is 6.35. The van der Waals surface area contributed by atoms with Crippen molar-refractivity contribution in [3.63, 3.8) is 0 Å². The van der Waals surface area contributed by atoms with Gasteiger partial charge in [-0.1, -0.05) is 72.3 Å². The Hall–Kier alpha value is -3.39. The molecule has 4 aromatic rings. The number of rotatable bonds is 6. The molecule has 0 bridgehead atoms. The van der Waals surface area contributed by atoms with Gasteiger partial charge in [-0.3, -0.25) is 0 Å². The van der Waals surface area contributed by atoms with Crippen LogP contribution in [0.1, 0.15) is 29.4 Å². The van der Waals surface area contributed by atoms with Crippen LogP contribution in [0.3, 0.4) is 0 Å². The summed E-state index contributed by atoms with van der Waals surface area (Å²) in [6.07, 6.45) is 0. The first kappa shape index (κ1) is 20.9.